The van der Waals surface area contributed by atoms with Gasteiger partial charge in [0.05, 0.1) is 6.61 Å². The maximum Gasteiger partial charge on any atom is 0.220 e. The van der Waals surface area contributed by atoms with E-state index < -0.39 is 0 Å². The predicted octanol–water partition coefficient (Wildman–Crippen LogP) is 2.03. The van der Waals surface area contributed by atoms with Gasteiger partial charge in [-0.2, -0.15) is 0 Å². The third kappa shape index (κ3) is 4.39. The Morgan fingerprint density at radius 1 is 1.38 bits per heavy atom. The number of rotatable bonds is 5. The number of halogens is 2. The molecule has 0 heterocycles. The molecule has 0 aliphatic rings. The van der Waals surface area contributed by atoms with Crippen molar-refractivity contribution in [2.45, 2.75) is 12.8 Å². The molecule has 0 aliphatic carbocycles. The molecule has 1 aromatic rings. The molecule has 0 radical (unpaired) electrons. The predicted molar refractivity (Wildman–Crippen MR) is 64.9 cm³/mol. The largest absolute Gasteiger partial charge is 0.395 e. The van der Waals surface area contributed by atoms with E-state index in [-0.39, 0.29) is 19.1 Å². The van der Waals surface area contributed by atoms with E-state index in [0.717, 1.165) is 5.56 Å². The molecular formula is C11H13Cl2NO2. The topological polar surface area (TPSA) is 49.3 Å². The van der Waals surface area contributed by atoms with Crippen molar-refractivity contribution in [3.8, 4) is 0 Å². The van der Waals surface area contributed by atoms with Gasteiger partial charge in [-0.15, -0.1) is 0 Å². The van der Waals surface area contributed by atoms with Gasteiger partial charge in [0.25, 0.3) is 0 Å². The van der Waals surface area contributed by atoms with Gasteiger partial charge < -0.3 is 10.4 Å². The average molecular weight is 262 g/mol. The Morgan fingerprint density at radius 2 is 2.12 bits per heavy atom. The molecule has 0 fully saturated rings. The first-order valence-corrected chi connectivity index (χ1v) is 5.70. The van der Waals surface area contributed by atoms with Gasteiger partial charge in [-0.05, 0) is 24.1 Å². The number of carbonyl (C=O) groups excluding carboxylic acids is 1. The molecule has 3 nitrogen and oxygen atoms in total. The highest BCUT2D eigenvalue weighted by Crippen LogP contribution is 2.21. The lowest BCUT2D eigenvalue weighted by molar-refractivity contribution is -0.121. The van der Waals surface area contributed by atoms with E-state index in [1.807, 2.05) is 6.07 Å². The van der Waals surface area contributed by atoms with Crippen LogP contribution in [0.5, 0.6) is 0 Å². The van der Waals surface area contributed by atoms with Crippen LogP contribution in [0, 0.1) is 0 Å². The summed E-state index contributed by atoms with van der Waals surface area (Å²) in [4.78, 5) is 11.3. The molecule has 0 spiro atoms. The van der Waals surface area contributed by atoms with Crippen LogP contribution >= 0.6 is 23.2 Å². The van der Waals surface area contributed by atoms with Gasteiger partial charge in [-0.25, -0.2) is 0 Å². The first-order valence-electron chi connectivity index (χ1n) is 4.95. The number of aryl methyl sites for hydroxylation is 1. The molecule has 0 atom stereocenters. The summed E-state index contributed by atoms with van der Waals surface area (Å²) >= 11 is 11.7. The number of hydrogen-bond donors (Lipinski definition) is 2. The second kappa shape index (κ2) is 6.74. The van der Waals surface area contributed by atoms with Gasteiger partial charge in [-0.3, -0.25) is 4.79 Å². The standard InChI is InChI=1S/C11H13Cl2NO2/c12-9-3-1-8(10(13)7-9)2-4-11(16)14-5-6-15/h1,3,7,15H,2,4-6H2,(H,14,16). The molecule has 1 aromatic carbocycles. The van der Waals surface area contributed by atoms with E-state index >= 15 is 0 Å². The first kappa shape index (κ1) is 13.3. The Bertz CT molecular complexity index is 369. The zero-order chi connectivity index (χ0) is 12.0. The molecule has 2 N–H and O–H groups in total. The second-order valence-electron chi connectivity index (χ2n) is 3.31. The summed E-state index contributed by atoms with van der Waals surface area (Å²) in [6, 6.07) is 5.21. The Morgan fingerprint density at radius 3 is 2.75 bits per heavy atom. The maximum atomic E-state index is 11.3. The van der Waals surface area contributed by atoms with Gasteiger partial charge in [0.15, 0.2) is 0 Å². The third-order valence-corrected chi connectivity index (χ3v) is 2.66. The number of aliphatic hydroxyl groups is 1. The zero-order valence-electron chi connectivity index (χ0n) is 8.67. The van der Waals surface area contributed by atoms with Crippen LogP contribution in [-0.4, -0.2) is 24.2 Å². The molecule has 1 amide bonds. The molecule has 88 valence electrons. The SMILES string of the molecule is O=C(CCc1ccc(Cl)cc1Cl)NCCO. The van der Waals surface area contributed by atoms with Crippen molar-refractivity contribution in [2.24, 2.45) is 0 Å². The van der Waals surface area contributed by atoms with Gasteiger partial charge in [0.1, 0.15) is 0 Å². The van der Waals surface area contributed by atoms with Gasteiger partial charge >= 0.3 is 0 Å². The summed E-state index contributed by atoms with van der Waals surface area (Å²) < 4.78 is 0. The van der Waals surface area contributed by atoms with Crippen molar-refractivity contribution >= 4 is 29.1 Å². The molecule has 0 aliphatic heterocycles. The molecule has 0 aromatic heterocycles. The summed E-state index contributed by atoms with van der Waals surface area (Å²) in [6.07, 6.45) is 0.911. The van der Waals surface area contributed by atoms with Crippen LogP contribution in [0.15, 0.2) is 18.2 Å². The zero-order valence-corrected chi connectivity index (χ0v) is 10.2. The average Bonchev–Trinajstić information content (AvgIpc) is 2.25. The monoisotopic (exact) mass is 261 g/mol. The van der Waals surface area contributed by atoms with Gasteiger partial charge in [-0.1, -0.05) is 29.3 Å². The molecule has 0 saturated carbocycles. The van der Waals surface area contributed by atoms with Crippen molar-refractivity contribution in [2.75, 3.05) is 13.2 Å². The highest BCUT2D eigenvalue weighted by molar-refractivity contribution is 6.35. The number of amides is 1. The van der Waals surface area contributed by atoms with Gasteiger partial charge in [0.2, 0.25) is 5.91 Å². The normalized spacial score (nSPS) is 10.2. The summed E-state index contributed by atoms with van der Waals surface area (Å²) in [7, 11) is 0. The Hall–Kier alpha value is -0.770. The first-order chi connectivity index (χ1) is 7.63. The van der Waals surface area contributed by atoms with Crippen LogP contribution in [0.3, 0.4) is 0 Å². The van der Waals surface area contributed by atoms with Crippen LogP contribution in [0.1, 0.15) is 12.0 Å². The fourth-order valence-corrected chi connectivity index (χ4v) is 1.76. The molecule has 1 rings (SSSR count). The Labute approximate surface area is 104 Å². The lowest BCUT2D eigenvalue weighted by Gasteiger charge is -2.05. The van der Waals surface area contributed by atoms with Crippen molar-refractivity contribution < 1.29 is 9.90 Å². The summed E-state index contributed by atoms with van der Waals surface area (Å²) in [6.45, 7) is 0.237. The minimum Gasteiger partial charge on any atom is -0.395 e. The Balaban J connectivity index is 2.45. The number of carbonyl (C=O) groups is 1. The van der Waals surface area contributed by atoms with Crippen LogP contribution in [-0.2, 0) is 11.2 Å². The van der Waals surface area contributed by atoms with E-state index in [1.54, 1.807) is 12.1 Å². The Kier molecular flexibility index (Phi) is 5.60. The van der Waals surface area contributed by atoms with E-state index in [2.05, 4.69) is 5.32 Å². The van der Waals surface area contributed by atoms with Crippen molar-refractivity contribution in [1.82, 2.24) is 5.32 Å². The number of aliphatic hydroxyl groups excluding tert-OH is 1. The molecule has 0 saturated heterocycles. The smallest absolute Gasteiger partial charge is 0.220 e. The fraction of sp³-hybridized carbons (Fsp3) is 0.364. The lowest BCUT2D eigenvalue weighted by Crippen LogP contribution is -2.26. The molecule has 16 heavy (non-hydrogen) atoms. The summed E-state index contributed by atoms with van der Waals surface area (Å²) in [5.74, 6) is -0.0972. The molecular weight excluding hydrogens is 249 g/mol. The second-order valence-corrected chi connectivity index (χ2v) is 4.15. The van der Waals surface area contributed by atoms with Crippen molar-refractivity contribution in [1.29, 1.82) is 0 Å². The van der Waals surface area contributed by atoms with Crippen molar-refractivity contribution in [3.05, 3.63) is 33.8 Å². The van der Waals surface area contributed by atoms with E-state index in [1.165, 1.54) is 0 Å². The molecule has 5 heteroatoms. The van der Waals surface area contributed by atoms with Crippen LogP contribution in [0.25, 0.3) is 0 Å². The number of benzene rings is 1. The highest BCUT2D eigenvalue weighted by atomic mass is 35.5. The molecule has 0 bridgehead atoms. The lowest BCUT2D eigenvalue weighted by atomic mass is 10.1. The van der Waals surface area contributed by atoms with Crippen LogP contribution in [0.2, 0.25) is 10.0 Å². The summed E-state index contributed by atoms with van der Waals surface area (Å²) in [5, 5.41) is 12.3. The van der Waals surface area contributed by atoms with Gasteiger partial charge in [0, 0.05) is 23.0 Å². The minimum absolute atomic E-state index is 0.0482. The maximum absolute atomic E-state index is 11.3. The van der Waals surface area contributed by atoms with E-state index in [0.29, 0.717) is 22.9 Å². The number of hydrogen-bond acceptors (Lipinski definition) is 2. The number of nitrogens with one attached hydrogen (secondary N) is 1. The molecule has 0 unspecified atom stereocenters. The van der Waals surface area contributed by atoms with Crippen molar-refractivity contribution in [3.63, 3.8) is 0 Å². The third-order valence-electron chi connectivity index (χ3n) is 2.07. The van der Waals surface area contributed by atoms with E-state index in [4.69, 9.17) is 28.3 Å². The highest BCUT2D eigenvalue weighted by Gasteiger charge is 2.05. The quantitative estimate of drug-likeness (QED) is 0.853. The van der Waals surface area contributed by atoms with Crippen LogP contribution in [0.4, 0.5) is 0 Å². The fourth-order valence-electron chi connectivity index (χ4n) is 1.26. The minimum atomic E-state index is -0.0972. The van der Waals surface area contributed by atoms with E-state index in [9.17, 15) is 4.79 Å². The summed E-state index contributed by atoms with van der Waals surface area (Å²) in [5.41, 5.74) is 0.894. The van der Waals surface area contributed by atoms with Crippen LogP contribution < -0.4 is 5.32 Å².